The van der Waals surface area contributed by atoms with Crippen LogP contribution in [0.2, 0.25) is 0 Å². The molecule has 14 heavy (non-hydrogen) atoms. The van der Waals surface area contributed by atoms with Crippen molar-refractivity contribution in [3.63, 3.8) is 0 Å². The first-order chi connectivity index (χ1) is 6.76. The van der Waals surface area contributed by atoms with E-state index in [9.17, 15) is 4.79 Å². The zero-order valence-electron chi connectivity index (χ0n) is 7.40. The SMILES string of the molecule is N#Cc1ccc(C=CC(=O)NN)cc1. The number of hydrazine groups is 1. The third-order valence-corrected chi connectivity index (χ3v) is 1.61. The number of hydrogen-bond donors (Lipinski definition) is 2. The average Bonchev–Trinajstić information content (AvgIpc) is 2.26. The van der Waals surface area contributed by atoms with Gasteiger partial charge in [-0.3, -0.25) is 10.2 Å². The van der Waals surface area contributed by atoms with Crippen molar-refractivity contribution in [3.05, 3.63) is 41.5 Å². The maximum Gasteiger partial charge on any atom is 0.257 e. The molecule has 1 rings (SSSR count). The molecule has 0 radical (unpaired) electrons. The van der Waals surface area contributed by atoms with Crippen LogP contribution in [-0.4, -0.2) is 5.91 Å². The van der Waals surface area contributed by atoms with Crippen LogP contribution in [0.1, 0.15) is 11.1 Å². The van der Waals surface area contributed by atoms with Gasteiger partial charge in [0, 0.05) is 6.08 Å². The van der Waals surface area contributed by atoms with Gasteiger partial charge in [-0.25, -0.2) is 5.84 Å². The van der Waals surface area contributed by atoms with Gasteiger partial charge in [-0.2, -0.15) is 5.26 Å². The summed E-state index contributed by atoms with van der Waals surface area (Å²) in [6, 6.07) is 8.87. The fourth-order valence-corrected chi connectivity index (χ4v) is 0.889. The van der Waals surface area contributed by atoms with Crippen molar-refractivity contribution in [1.29, 1.82) is 5.26 Å². The molecule has 70 valence electrons. The minimum atomic E-state index is -0.366. The largest absolute Gasteiger partial charge is 0.291 e. The van der Waals surface area contributed by atoms with Gasteiger partial charge in [0.15, 0.2) is 0 Å². The molecule has 0 aliphatic rings. The average molecular weight is 187 g/mol. The molecule has 0 atom stereocenters. The molecule has 4 nitrogen and oxygen atoms in total. The number of benzene rings is 1. The first kappa shape index (κ1) is 9.96. The predicted molar refractivity (Wildman–Crippen MR) is 52.5 cm³/mol. The van der Waals surface area contributed by atoms with Crippen molar-refractivity contribution in [1.82, 2.24) is 5.43 Å². The first-order valence-electron chi connectivity index (χ1n) is 3.95. The molecule has 3 N–H and O–H groups in total. The molecule has 4 heteroatoms. The van der Waals surface area contributed by atoms with Crippen LogP contribution in [0, 0.1) is 11.3 Å². The molecule has 1 amide bonds. The van der Waals surface area contributed by atoms with Gasteiger partial charge >= 0.3 is 0 Å². The number of hydrogen-bond acceptors (Lipinski definition) is 3. The standard InChI is InChI=1S/C10H9N3O/c11-7-9-3-1-8(2-4-9)5-6-10(14)13-12/h1-6H,12H2,(H,13,14). The molecule has 0 aliphatic carbocycles. The second kappa shape index (κ2) is 4.80. The second-order valence-corrected chi connectivity index (χ2v) is 2.58. The van der Waals surface area contributed by atoms with Crippen molar-refractivity contribution in [2.24, 2.45) is 5.84 Å². The van der Waals surface area contributed by atoms with E-state index in [-0.39, 0.29) is 5.91 Å². The van der Waals surface area contributed by atoms with Crippen molar-refractivity contribution in [3.8, 4) is 6.07 Å². The quantitative estimate of drug-likeness (QED) is 0.307. The number of nitrogens with one attached hydrogen (secondary N) is 1. The Morgan fingerprint density at radius 1 is 1.43 bits per heavy atom. The summed E-state index contributed by atoms with van der Waals surface area (Å²) in [4.78, 5) is 10.7. The third kappa shape index (κ3) is 2.73. The highest BCUT2D eigenvalue weighted by atomic mass is 16.2. The van der Waals surface area contributed by atoms with Crippen LogP contribution in [0.3, 0.4) is 0 Å². The zero-order valence-corrected chi connectivity index (χ0v) is 7.40. The van der Waals surface area contributed by atoms with Crippen LogP contribution in [0.25, 0.3) is 6.08 Å². The van der Waals surface area contributed by atoms with E-state index < -0.39 is 0 Å². The van der Waals surface area contributed by atoms with E-state index in [1.807, 2.05) is 11.5 Å². The highest BCUT2D eigenvalue weighted by Crippen LogP contribution is 2.04. The minimum absolute atomic E-state index is 0.366. The van der Waals surface area contributed by atoms with Crippen LogP contribution in [0.5, 0.6) is 0 Å². The molecular formula is C10H9N3O. The first-order valence-corrected chi connectivity index (χ1v) is 3.95. The molecular weight excluding hydrogens is 178 g/mol. The summed E-state index contributed by atoms with van der Waals surface area (Å²) in [6.07, 6.45) is 2.94. The van der Waals surface area contributed by atoms with Crippen molar-refractivity contribution < 1.29 is 4.79 Å². The number of carbonyl (C=O) groups is 1. The Morgan fingerprint density at radius 2 is 2.07 bits per heavy atom. The molecule has 0 fully saturated rings. The zero-order chi connectivity index (χ0) is 10.4. The number of amides is 1. The van der Waals surface area contributed by atoms with Gasteiger partial charge in [0.25, 0.3) is 5.91 Å². The molecule has 0 saturated carbocycles. The van der Waals surface area contributed by atoms with Gasteiger partial charge in [0.05, 0.1) is 11.6 Å². The lowest BCUT2D eigenvalue weighted by atomic mass is 10.1. The van der Waals surface area contributed by atoms with Gasteiger partial charge in [0.1, 0.15) is 0 Å². The summed E-state index contributed by atoms with van der Waals surface area (Å²) < 4.78 is 0. The van der Waals surface area contributed by atoms with Crippen LogP contribution < -0.4 is 11.3 Å². The Bertz CT molecular complexity index is 387. The molecule has 0 bridgehead atoms. The normalized spacial score (nSPS) is 9.71. The molecule has 0 spiro atoms. The maximum absolute atomic E-state index is 10.7. The summed E-state index contributed by atoms with van der Waals surface area (Å²) in [5, 5.41) is 8.54. The Labute approximate surface area is 81.6 Å². The van der Waals surface area contributed by atoms with E-state index in [1.54, 1.807) is 30.3 Å². The van der Waals surface area contributed by atoms with E-state index in [0.717, 1.165) is 5.56 Å². The lowest BCUT2D eigenvalue weighted by Gasteiger charge is -1.93. The Hall–Kier alpha value is -2.12. The second-order valence-electron chi connectivity index (χ2n) is 2.58. The molecule has 0 saturated heterocycles. The van der Waals surface area contributed by atoms with E-state index >= 15 is 0 Å². The number of nitrogens with zero attached hydrogens (tertiary/aromatic N) is 1. The predicted octanol–water partition coefficient (Wildman–Crippen LogP) is 0.561. The van der Waals surface area contributed by atoms with Crippen LogP contribution in [-0.2, 0) is 4.79 Å². The summed E-state index contributed by atoms with van der Waals surface area (Å²) >= 11 is 0. The third-order valence-electron chi connectivity index (χ3n) is 1.61. The highest BCUT2D eigenvalue weighted by Gasteiger charge is 1.91. The van der Waals surface area contributed by atoms with Crippen molar-refractivity contribution >= 4 is 12.0 Å². The van der Waals surface area contributed by atoms with Crippen molar-refractivity contribution in [2.75, 3.05) is 0 Å². The fraction of sp³-hybridized carbons (Fsp3) is 0. The minimum Gasteiger partial charge on any atom is -0.291 e. The summed E-state index contributed by atoms with van der Waals surface area (Å²) in [6.45, 7) is 0. The number of nitrogens with two attached hydrogens (primary N) is 1. The molecule has 1 aromatic carbocycles. The van der Waals surface area contributed by atoms with Gasteiger partial charge in [-0.05, 0) is 23.8 Å². The van der Waals surface area contributed by atoms with Gasteiger partial charge in [-0.1, -0.05) is 12.1 Å². The Balaban J connectivity index is 2.74. The summed E-state index contributed by atoms with van der Waals surface area (Å²) in [5.74, 6) is 4.52. The smallest absolute Gasteiger partial charge is 0.257 e. The van der Waals surface area contributed by atoms with Crippen LogP contribution in [0.15, 0.2) is 30.3 Å². The topological polar surface area (TPSA) is 78.9 Å². The van der Waals surface area contributed by atoms with E-state index in [2.05, 4.69) is 0 Å². The van der Waals surface area contributed by atoms with Crippen molar-refractivity contribution in [2.45, 2.75) is 0 Å². The molecule has 1 aromatic rings. The Kier molecular flexibility index (Phi) is 3.41. The highest BCUT2D eigenvalue weighted by molar-refractivity contribution is 5.91. The van der Waals surface area contributed by atoms with Gasteiger partial charge in [0.2, 0.25) is 0 Å². The van der Waals surface area contributed by atoms with Crippen LogP contribution >= 0.6 is 0 Å². The number of nitriles is 1. The Morgan fingerprint density at radius 3 is 2.57 bits per heavy atom. The molecule has 0 aliphatic heterocycles. The van der Waals surface area contributed by atoms with E-state index in [1.165, 1.54) is 6.08 Å². The van der Waals surface area contributed by atoms with Gasteiger partial charge < -0.3 is 0 Å². The lowest BCUT2D eigenvalue weighted by molar-refractivity contribution is -0.116. The van der Waals surface area contributed by atoms with E-state index in [0.29, 0.717) is 5.56 Å². The lowest BCUT2D eigenvalue weighted by Crippen LogP contribution is -2.27. The number of carbonyl (C=O) groups excluding carboxylic acids is 1. The fourth-order valence-electron chi connectivity index (χ4n) is 0.889. The molecule has 0 heterocycles. The summed E-state index contributed by atoms with van der Waals surface area (Å²) in [5.41, 5.74) is 3.41. The number of rotatable bonds is 2. The van der Waals surface area contributed by atoms with Crippen LogP contribution in [0.4, 0.5) is 0 Å². The monoisotopic (exact) mass is 187 g/mol. The molecule has 0 unspecified atom stereocenters. The molecule has 0 aromatic heterocycles. The maximum atomic E-state index is 10.7. The van der Waals surface area contributed by atoms with E-state index in [4.69, 9.17) is 11.1 Å². The summed E-state index contributed by atoms with van der Waals surface area (Å²) in [7, 11) is 0. The van der Waals surface area contributed by atoms with Gasteiger partial charge in [-0.15, -0.1) is 0 Å².